The van der Waals surface area contributed by atoms with Crippen LogP contribution in [-0.4, -0.2) is 18.6 Å². The van der Waals surface area contributed by atoms with Gasteiger partial charge in [0.1, 0.15) is 11.6 Å². The molecule has 0 unspecified atom stereocenters. The van der Waals surface area contributed by atoms with E-state index in [0.29, 0.717) is 13.2 Å². The van der Waals surface area contributed by atoms with Gasteiger partial charge in [-0.2, -0.15) is 0 Å². The Morgan fingerprint density at radius 3 is 2.60 bits per heavy atom. The SMILES string of the molecule is CCOc1ccccc1CN(C)Cc1cccc(F)c1. The van der Waals surface area contributed by atoms with Crippen LogP contribution in [0.3, 0.4) is 0 Å². The van der Waals surface area contributed by atoms with Gasteiger partial charge in [-0.3, -0.25) is 4.90 Å². The Labute approximate surface area is 119 Å². The molecule has 0 radical (unpaired) electrons. The largest absolute Gasteiger partial charge is 0.494 e. The first kappa shape index (κ1) is 14.5. The first-order chi connectivity index (χ1) is 9.69. The van der Waals surface area contributed by atoms with Crippen molar-refractivity contribution in [3.05, 3.63) is 65.5 Å². The Balaban J connectivity index is 2.02. The number of benzene rings is 2. The summed E-state index contributed by atoms with van der Waals surface area (Å²) in [4.78, 5) is 2.15. The van der Waals surface area contributed by atoms with E-state index in [2.05, 4.69) is 11.0 Å². The van der Waals surface area contributed by atoms with Crippen molar-refractivity contribution in [2.45, 2.75) is 20.0 Å². The van der Waals surface area contributed by atoms with E-state index in [1.54, 1.807) is 12.1 Å². The van der Waals surface area contributed by atoms with E-state index in [9.17, 15) is 4.39 Å². The van der Waals surface area contributed by atoms with Crippen LogP contribution in [0.5, 0.6) is 5.75 Å². The van der Waals surface area contributed by atoms with Gasteiger partial charge in [-0.1, -0.05) is 30.3 Å². The van der Waals surface area contributed by atoms with Crippen molar-refractivity contribution in [2.24, 2.45) is 0 Å². The maximum absolute atomic E-state index is 13.2. The highest BCUT2D eigenvalue weighted by atomic mass is 19.1. The molecule has 0 atom stereocenters. The van der Waals surface area contributed by atoms with E-state index in [0.717, 1.165) is 23.4 Å². The number of halogens is 1. The number of hydrogen-bond donors (Lipinski definition) is 0. The van der Waals surface area contributed by atoms with Crippen molar-refractivity contribution in [1.29, 1.82) is 0 Å². The van der Waals surface area contributed by atoms with Crippen molar-refractivity contribution in [3.8, 4) is 5.75 Å². The van der Waals surface area contributed by atoms with Crippen molar-refractivity contribution < 1.29 is 9.13 Å². The average molecular weight is 273 g/mol. The molecular formula is C17H20FNO. The van der Waals surface area contributed by atoms with E-state index in [1.165, 1.54) is 6.07 Å². The van der Waals surface area contributed by atoms with Crippen LogP contribution in [-0.2, 0) is 13.1 Å². The minimum atomic E-state index is -0.189. The summed E-state index contributed by atoms with van der Waals surface area (Å²) in [6.45, 7) is 4.11. The lowest BCUT2D eigenvalue weighted by Crippen LogP contribution is -2.18. The Morgan fingerprint density at radius 1 is 1.05 bits per heavy atom. The van der Waals surface area contributed by atoms with Crippen molar-refractivity contribution >= 4 is 0 Å². The van der Waals surface area contributed by atoms with Gasteiger partial charge in [0, 0.05) is 18.7 Å². The second-order valence-electron chi connectivity index (χ2n) is 4.84. The second kappa shape index (κ2) is 7.06. The smallest absolute Gasteiger partial charge is 0.123 e. The maximum atomic E-state index is 13.2. The highest BCUT2D eigenvalue weighted by molar-refractivity contribution is 5.33. The molecular weight excluding hydrogens is 253 g/mol. The lowest BCUT2D eigenvalue weighted by Gasteiger charge is -2.19. The Hall–Kier alpha value is -1.87. The lowest BCUT2D eigenvalue weighted by atomic mass is 10.1. The number of ether oxygens (including phenoxy) is 1. The van der Waals surface area contributed by atoms with Crippen molar-refractivity contribution in [2.75, 3.05) is 13.7 Å². The molecule has 106 valence electrons. The molecule has 0 N–H and O–H groups in total. The summed E-state index contributed by atoms with van der Waals surface area (Å²) in [5.41, 5.74) is 2.12. The molecule has 2 aromatic carbocycles. The number of rotatable bonds is 6. The highest BCUT2D eigenvalue weighted by Crippen LogP contribution is 2.20. The van der Waals surface area contributed by atoms with Crippen LogP contribution in [0.1, 0.15) is 18.1 Å². The predicted molar refractivity (Wildman–Crippen MR) is 79.2 cm³/mol. The summed E-state index contributed by atoms with van der Waals surface area (Å²) in [6, 6.07) is 14.7. The van der Waals surface area contributed by atoms with Crippen LogP contribution in [0, 0.1) is 5.82 Å². The summed E-state index contributed by atoms with van der Waals surface area (Å²) in [6.07, 6.45) is 0. The van der Waals surface area contributed by atoms with Crippen LogP contribution in [0.15, 0.2) is 48.5 Å². The predicted octanol–water partition coefficient (Wildman–Crippen LogP) is 3.86. The van der Waals surface area contributed by atoms with Crippen LogP contribution in [0.25, 0.3) is 0 Å². The van der Waals surface area contributed by atoms with Gasteiger partial charge in [-0.05, 0) is 37.7 Å². The summed E-state index contributed by atoms with van der Waals surface area (Å²) < 4.78 is 18.8. The van der Waals surface area contributed by atoms with Crippen LogP contribution in [0.2, 0.25) is 0 Å². The summed E-state index contributed by atoms with van der Waals surface area (Å²) in [5, 5.41) is 0. The first-order valence-electron chi connectivity index (χ1n) is 6.82. The molecule has 20 heavy (non-hydrogen) atoms. The van der Waals surface area contributed by atoms with Gasteiger partial charge >= 0.3 is 0 Å². The van der Waals surface area contributed by atoms with Gasteiger partial charge in [0.15, 0.2) is 0 Å². The molecule has 2 nitrogen and oxygen atoms in total. The molecule has 0 spiro atoms. The van der Waals surface area contributed by atoms with E-state index in [4.69, 9.17) is 4.74 Å². The van der Waals surface area contributed by atoms with Crippen LogP contribution >= 0.6 is 0 Å². The molecule has 0 amide bonds. The number of para-hydroxylation sites is 1. The molecule has 2 rings (SSSR count). The topological polar surface area (TPSA) is 12.5 Å². The normalized spacial score (nSPS) is 10.8. The molecule has 0 aliphatic carbocycles. The standard InChI is InChI=1S/C17H20FNO/c1-3-20-17-10-5-4-8-15(17)13-19(2)12-14-7-6-9-16(18)11-14/h4-11H,3,12-13H2,1-2H3. The average Bonchev–Trinajstić information content (AvgIpc) is 2.41. The molecule has 2 aromatic rings. The third-order valence-corrected chi connectivity index (χ3v) is 3.05. The molecule has 0 bridgehead atoms. The zero-order valence-electron chi connectivity index (χ0n) is 12.0. The van der Waals surface area contributed by atoms with E-state index in [1.807, 2.05) is 38.2 Å². The van der Waals surface area contributed by atoms with Crippen LogP contribution < -0.4 is 4.74 Å². The third kappa shape index (κ3) is 4.07. The van der Waals surface area contributed by atoms with Crippen molar-refractivity contribution in [3.63, 3.8) is 0 Å². The quantitative estimate of drug-likeness (QED) is 0.792. The number of nitrogens with zero attached hydrogens (tertiary/aromatic N) is 1. The van der Waals surface area contributed by atoms with Gasteiger partial charge in [0.2, 0.25) is 0 Å². The van der Waals surface area contributed by atoms with E-state index < -0.39 is 0 Å². The Bertz CT molecular complexity index is 556. The Kier molecular flexibility index (Phi) is 5.13. The first-order valence-corrected chi connectivity index (χ1v) is 6.82. The molecule has 0 fully saturated rings. The zero-order chi connectivity index (χ0) is 14.4. The second-order valence-corrected chi connectivity index (χ2v) is 4.84. The summed E-state index contributed by atoms with van der Waals surface area (Å²) >= 11 is 0. The fourth-order valence-corrected chi connectivity index (χ4v) is 2.22. The van der Waals surface area contributed by atoms with Gasteiger partial charge < -0.3 is 4.74 Å². The van der Waals surface area contributed by atoms with Crippen LogP contribution in [0.4, 0.5) is 4.39 Å². The lowest BCUT2D eigenvalue weighted by molar-refractivity contribution is 0.297. The molecule has 0 heterocycles. The van der Waals surface area contributed by atoms with Gasteiger partial charge in [0.05, 0.1) is 6.61 Å². The van der Waals surface area contributed by atoms with Gasteiger partial charge in [0.25, 0.3) is 0 Å². The molecule has 0 saturated carbocycles. The zero-order valence-corrected chi connectivity index (χ0v) is 12.0. The van der Waals surface area contributed by atoms with Gasteiger partial charge in [-0.15, -0.1) is 0 Å². The molecule has 0 aromatic heterocycles. The van der Waals surface area contributed by atoms with E-state index >= 15 is 0 Å². The highest BCUT2D eigenvalue weighted by Gasteiger charge is 2.07. The Morgan fingerprint density at radius 2 is 1.85 bits per heavy atom. The third-order valence-electron chi connectivity index (χ3n) is 3.05. The molecule has 0 aliphatic heterocycles. The number of hydrogen-bond acceptors (Lipinski definition) is 2. The fourth-order valence-electron chi connectivity index (χ4n) is 2.22. The minimum Gasteiger partial charge on any atom is -0.494 e. The molecule has 0 aliphatic rings. The molecule has 0 saturated heterocycles. The van der Waals surface area contributed by atoms with Crippen molar-refractivity contribution in [1.82, 2.24) is 4.90 Å². The molecule has 3 heteroatoms. The van der Waals surface area contributed by atoms with E-state index in [-0.39, 0.29) is 5.82 Å². The monoisotopic (exact) mass is 273 g/mol. The maximum Gasteiger partial charge on any atom is 0.123 e. The summed E-state index contributed by atoms with van der Waals surface area (Å²) in [7, 11) is 2.02. The van der Waals surface area contributed by atoms with Gasteiger partial charge in [-0.25, -0.2) is 4.39 Å². The minimum absolute atomic E-state index is 0.189. The summed E-state index contributed by atoms with van der Waals surface area (Å²) in [5.74, 6) is 0.728. The fraction of sp³-hybridized carbons (Fsp3) is 0.294.